The van der Waals surface area contributed by atoms with Crippen molar-refractivity contribution in [3.8, 4) is 0 Å². The molecule has 1 aliphatic rings. The zero-order valence-electron chi connectivity index (χ0n) is 12.9. The van der Waals surface area contributed by atoms with Crippen molar-refractivity contribution in [2.45, 2.75) is 12.8 Å². The van der Waals surface area contributed by atoms with Gasteiger partial charge >= 0.3 is 0 Å². The molecule has 6 heteroatoms. The van der Waals surface area contributed by atoms with Crippen molar-refractivity contribution in [2.24, 2.45) is 0 Å². The first-order valence-corrected chi connectivity index (χ1v) is 7.46. The van der Waals surface area contributed by atoms with Crippen LogP contribution in [0.15, 0.2) is 41.0 Å². The number of rotatable bonds is 5. The number of anilines is 2. The van der Waals surface area contributed by atoms with Crippen LogP contribution in [0.1, 0.15) is 22.5 Å². The monoisotopic (exact) mass is 314 g/mol. The summed E-state index contributed by atoms with van der Waals surface area (Å²) in [5.74, 6) is 0.0691. The van der Waals surface area contributed by atoms with E-state index in [0.717, 1.165) is 11.3 Å². The normalized spacial score (nSPS) is 13.8. The second-order valence-electron chi connectivity index (χ2n) is 5.31. The number of carbonyl (C=O) groups is 2. The molecule has 0 spiro atoms. The molecule has 120 valence electrons. The highest BCUT2D eigenvalue weighted by Crippen LogP contribution is 2.30. The van der Waals surface area contributed by atoms with E-state index in [0.29, 0.717) is 31.7 Å². The lowest BCUT2D eigenvalue weighted by Crippen LogP contribution is -2.37. The van der Waals surface area contributed by atoms with Gasteiger partial charge in [-0.25, -0.2) is 0 Å². The molecular weight excluding hydrogens is 296 g/mol. The van der Waals surface area contributed by atoms with Crippen LogP contribution in [0.5, 0.6) is 0 Å². The van der Waals surface area contributed by atoms with Crippen molar-refractivity contribution in [1.82, 2.24) is 0 Å². The number of fused-ring (bicyclic) bond motifs is 1. The molecule has 0 atom stereocenters. The van der Waals surface area contributed by atoms with E-state index in [2.05, 4.69) is 5.32 Å². The minimum absolute atomic E-state index is 0.0990. The number of benzene rings is 1. The Labute approximate surface area is 134 Å². The van der Waals surface area contributed by atoms with Gasteiger partial charge in [-0.3, -0.25) is 9.59 Å². The van der Waals surface area contributed by atoms with Crippen molar-refractivity contribution >= 4 is 23.2 Å². The van der Waals surface area contributed by atoms with Crippen LogP contribution in [0.3, 0.4) is 0 Å². The van der Waals surface area contributed by atoms with E-state index in [1.54, 1.807) is 30.2 Å². The van der Waals surface area contributed by atoms with E-state index in [-0.39, 0.29) is 17.6 Å². The van der Waals surface area contributed by atoms with Gasteiger partial charge < -0.3 is 19.4 Å². The van der Waals surface area contributed by atoms with Gasteiger partial charge in [0.2, 0.25) is 5.91 Å². The first-order valence-electron chi connectivity index (χ1n) is 7.46. The highest BCUT2D eigenvalue weighted by molar-refractivity contribution is 6.03. The summed E-state index contributed by atoms with van der Waals surface area (Å²) in [6.45, 7) is 1.02. The molecule has 1 aromatic heterocycles. The van der Waals surface area contributed by atoms with E-state index >= 15 is 0 Å². The van der Waals surface area contributed by atoms with Crippen LogP contribution >= 0.6 is 0 Å². The zero-order chi connectivity index (χ0) is 16.2. The third-order valence-corrected chi connectivity index (χ3v) is 3.80. The molecule has 23 heavy (non-hydrogen) atoms. The smallest absolute Gasteiger partial charge is 0.291 e. The number of ether oxygens (including phenoxy) is 1. The Morgan fingerprint density at radius 2 is 2.22 bits per heavy atom. The minimum Gasteiger partial charge on any atom is -0.459 e. The first kappa shape index (κ1) is 15.3. The largest absolute Gasteiger partial charge is 0.459 e. The Kier molecular flexibility index (Phi) is 4.43. The summed E-state index contributed by atoms with van der Waals surface area (Å²) in [7, 11) is 1.61. The SMILES string of the molecule is COCCN1C(=O)CCc2cc(NC(=O)c3ccco3)ccc21. The fraction of sp³-hybridized carbons (Fsp3) is 0.294. The number of furan rings is 1. The van der Waals surface area contributed by atoms with Crippen LogP contribution in [0.25, 0.3) is 0 Å². The van der Waals surface area contributed by atoms with Crippen molar-refractivity contribution in [3.63, 3.8) is 0 Å². The lowest BCUT2D eigenvalue weighted by Gasteiger charge is -2.29. The topological polar surface area (TPSA) is 71.8 Å². The second-order valence-corrected chi connectivity index (χ2v) is 5.31. The minimum atomic E-state index is -0.293. The third-order valence-electron chi connectivity index (χ3n) is 3.80. The van der Waals surface area contributed by atoms with Gasteiger partial charge in [-0.05, 0) is 42.3 Å². The highest BCUT2D eigenvalue weighted by atomic mass is 16.5. The summed E-state index contributed by atoms with van der Waals surface area (Å²) in [6, 6.07) is 8.83. The maximum atomic E-state index is 12.1. The van der Waals surface area contributed by atoms with Gasteiger partial charge in [0.05, 0.1) is 12.9 Å². The quantitative estimate of drug-likeness (QED) is 0.920. The molecule has 2 amide bonds. The molecule has 2 aromatic rings. The predicted molar refractivity (Wildman–Crippen MR) is 85.7 cm³/mol. The molecule has 1 aliphatic heterocycles. The fourth-order valence-corrected chi connectivity index (χ4v) is 2.67. The van der Waals surface area contributed by atoms with E-state index in [1.807, 2.05) is 12.1 Å². The van der Waals surface area contributed by atoms with Gasteiger partial charge in [0.15, 0.2) is 5.76 Å². The lowest BCUT2D eigenvalue weighted by atomic mass is 10.0. The number of nitrogens with one attached hydrogen (secondary N) is 1. The summed E-state index contributed by atoms with van der Waals surface area (Å²) in [5.41, 5.74) is 2.61. The number of hydrogen-bond donors (Lipinski definition) is 1. The molecule has 1 aromatic carbocycles. The van der Waals surface area contributed by atoms with Crippen LogP contribution in [-0.2, 0) is 16.0 Å². The number of carbonyl (C=O) groups excluding carboxylic acids is 2. The zero-order valence-corrected chi connectivity index (χ0v) is 12.9. The maximum Gasteiger partial charge on any atom is 0.291 e. The van der Waals surface area contributed by atoms with Crippen LogP contribution in [0.2, 0.25) is 0 Å². The predicted octanol–water partition coefficient (Wildman–Crippen LogP) is 2.46. The van der Waals surface area contributed by atoms with Gasteiger partial charge in [0.1, 0.15) is 0 Å². The Hall–Kier alpha value is -2.60. The van der Waals surface area contributed by atoms with Crippen molar-refractivity contribution in [2.75, 3.05) is 30.5 Å². The summed E-state index contributed by atoms with van der Waals surface area (Å²) in [5, 5.41) is 2.80. The van der Waals surface area contributed by atoms with Crippen LogP contribution in [-0.4, -0.2) is 32.1 Å². The first-order chi connectivity index (χ1) is 11.2. The molecule has 2 heterocycles. The van der Waals surface area contributed by atoms with Gasteiger partial charge in [-0.15, -0.1) is 0 Å². The van der Waals surface area contributed by atoms with Crippen molar-refractivity contribution in [1.29, 1.82) is 0 Å². The summed E-state index contributed by atoms with van der Waals surface area (Å²) in [6.07, 6.45) is 2.59. The molecular formula is C17H18N2O4. The Morgan fingerprint density at radius 1 is 1.35 bits per heavy atom. The standard InChI is InChI=1S/C17H18N2O4/c1-22-10-8-19-14-6-5-13(11-12(14)4-7-16(19)20)18-17(21)15-3-2-9-23-15/h2-3,5-6,9,11H,4,7-8,10H2,1H3,(H,18,21). The molecule has 0 bridgehead atoms. The summed E-state index contributed by atoms with van der Waals surface area (Å²) < 4.78 is 10.1. The van der Waals surface area contributed by atoms with Crippen LogP contribution in [0.4, 0.5) is 11.4 Å². The molecule has 6 nitrogen and oxygen atoms in total. The van der Waals surface area contributed by atoms with E-state index in [4.69, 9.17) is 9.15 Å². The molecule has 0 saturated carbocycles. The Morgan fingerprint density at radius 3 is 2.96 bits per heavy atom. The third kappa shape index (κ3) is 3.27. The van der Waals surface area contributed by atoms with Crippen LogP contribution in [0, 0.1) is 0 Å². The van der Waals surface area contributed by atoms with Gasteiger partial charge in [0.25, 0.3) is 5.91 Å². The number of methoxy groups -OCH3 is 1. The molecule has 3 rings (SSSR count). The number of aryl methyl sites for hydroxylation is 1. The molecule has 1 N–H and O–H groups in total. The molecule has 0 saturated heterocycles. The van der Waals surface area contributed by atoms with Crippen molar-refractivity contribution in [3.05, 3.63) is 47.9 Å². The van der Waals surface area contributed by atoms with E-state index in [9.17, 15) is 9.59 Å². The van der Waals surface area contributed by atoms with Crippen molar-refractivity contribution < 1.29 is 18.7 Å². The lowest BCUT2D eigenvalue weighted by molar-refractivity contribution is -0.119. The second kappa shape index (κ2) is 6.66. The summed E-state index contributed by atoms with van der Waals surface area (Å²) >= 11 is 0. The van der Waals surface area contributed by atoms with E-state index < -0.39 is 0 Å². The Balaban J connectivity index is 1.79. The molecule has 0 unspecified atom stereocenters. The number of hydrogen-bond acceptors (Lipinski definition) is 4. The fourth-order valence-electron chi connectivity index (χ4n) is 2.67. The number of amides is 2. The van der Waals surface area contributed by atoms with Crippen LogP contribution < -0.4 is 10.2 Å². The summed E-state index contributed by atoms with van der Waals surface area (Å²) in [4.78, 5) is 25.8. The highest BCUT2D eigenvalue weighted by Gasteiger charge is 2.24. The van der Waals surface area contributed by atoms with Gasteiger partial charge in [-0.1, -0.05) is 0 Å². The molecule has 0 aliphatic carbocycles. The molecule has 0 radical (unpaired) electrons. The van der Waals surface area contributed by atoms with Gasteiger partial charge in [0, 0.05) is 31.5 Å². The van der Waals surface area contributed by atoms with Gasteiger partial charge in [-0.2, -0.15) is 0 Å². The van der Waals surface area contributed by atoms with E-state index in [1.165, 1.54) is 6.26 Å². The average Bonchev–Trinajstić information content (AvgIpc) is 3.09. The maximum absolute atomic E-state index is 12.1. The average molecular weight is 314 g/mol. The number of nitrogens with zero attached hydrogens (tertiary/aromatic N) is 1. The Bertz CT molecular complexity index is 709. The molecule has 0 fully saturated rings.